The second-order valence-electron chi connectivity index (χ2n) is 6.09. The number of halogens is 1. The minimum absolute atomic E-state index is 0.0846. The van der Waals surface area contributed by atoms with Crippen molar-refractivity contribution in [2.24, 2.45) is 0 Å². The molecule has 20 heavy (non-hydrogen) atoms. The third-order valence-electron chi connectivity index (χ3n) is 3.90. The molecule has 1 aliphatic heterocycles. The van der Waals surface area contributed by atoms with Crippen molar-refractivity contribution in [3.05, 3.63) is 23.1 Å². The molecule has 0 spiro atoms. The zero-order valence-electron chi connectivity index (χ0n) is 12.6. The second kappa shape index (κ2) is 6.35. The lowest BCUT2D eigenvalue weighted by atomic mass is 9.83. The Balaban J connectivity index is 1.63. The van der Waals surface area contributed by atoms with Crippen LogP contribution in [0.4, 0.5) is 0 Å². The number of rotatable bonds is 6. The molecule has 1 saturated heterocycles. The molecule has 0 aromatic carbocycles. The van der Waals surface area contributed by atoms with Crippen LogP contribution in [0, 0.1) is 0 Å². The van der Waals surface area contributed by atoms with Gasteiger partial charge in [0.2, 0.25) is 0 Å². The van der Waals surface area contributed by atoms with E-state index in [0.29, 0.717) is 5.22 Å². The van der Waals surface area contributed by atoms with E-state index >= 15 is 0 Å². The topological polar surface area (TPSA) is 31.6 Å². The highest BCUT2D eigenvalue weighted by Crippen LogP contribution is 2.38. The van der Waals surface area contributed by atoms with Crippen LogP contribution in [-0.4, -0.2) is 24.1 Å². The molecule has 112 valence electrons. The summed E-state index contributed by atoms with van der Waals surface area (Å²) in [5.74, 6) is 2.84. The lowest BCUT2D eigenvalue weighted by Gasteiger charge is -2.32. The van der Waals surface area contributed by atoms with E-state index in [2.05, 4.69) is 27.7 Å². The van der Waals surface area contributed by atoms with E-state index in [1.54, 1.807) is 6.07 Å². The average molecular weight is 317 g/mol. The molecule has 1 fully saturated rings. The molecule has 2 heterocycles. The quantitative estimate of drug-likeness (QED) is 0.565. The zero-order valence-corrected chi connectivity index (χ0v) is 14.1. The summed E-state index contributed by atoms with van der Waals surface area (Å²) >= 11 is 7.57. The molecule has 2 rings (SSSR count). The summed E-state index contributed by atoms with van der Waals surface area (Å²) in [5, 5.41) is 0.456. The Morgan fingerprint density at radius 1 is 1.15 bits per heavy atom. The third-order valence-corrected chi connectivity index (χ3v) is 5.17. The lowest BCUT2D eigenvalue weighted by Crippen LogP contribution is -2.41. The summed E-state index contributed by atoms with van der Waals surface area (Å²) < 4.78 is 17.2. The molecule has 0 atom stereocenters. The first kappa shape index (κ1) is 16.3. The van der Waals surface area contributed by atoms with Gasteiger partial charge in [-0.1, -0.05) is 0 Å². The van der Waals surface area contributed by atoms with Gasteiger partial charge >= 0.3 is 7.12 Å². The summed E-state index contributed by atoms with van der Waals surface area (Å²) in [4.78, 5) is 0. The molecule has 3 nitrogen and oxygen atoms in total. The molecule has 6 heteroatoms. The van der Waals surface area contributed by atoms with E-state index in [4.69, 9.17) is 25.3 Å². The summed E-state index contributed by atoms with van der Waals surface area (Å²) in [6, 6.07) is 3.70. The van der Waals surface area contributed by atoms with Crippen molar-refractivity contribution in [3.8, 4) is 0 Å². The van der Waals surface area contributed by atoms with E-state index in [1.807, 2.05) is 17.8 Å². The van der Waals surface area contributed by atoms with E-state index in [0.717, 1.165) is 30.0 Å². The predicted octanol–water partition coefficient (Wildman–Crippen LogP) is 4.65. The van der Waals surface area contributed by atoms with Crippen molar-refractivity contribution in [1.82, 2.24) is 0 Å². The molecule has 0 saturated carbocycles. The molecule has 1 aromatic rings. The molecular formula is C14H22BClO3S. The van der Waals surface area contributed by atoms with Crippen LogP contribution in [0.1, 0.15) is 39.9 Å². The maximum absolute atomic E-state index is 5.96. The van der Waals surface area contributed by atoms with Crippen molar-refractivity contribution in [2.45, 2.75) is 57.4 Å². The highest BCUT2D eigenvalue weighted by molar-refractivity contribution is 7.98. The lowest BCUT2D eigenvalue weighted by molar-refractivity contribution is 0.00578. The van der Waals surface area contributed by atoms with E-state index in [9.17, 15) is 0 Å². The minimum atomic E-state index is -0.226. The van der Waals surface area contributed by atoms with Crippen molar-refractivity contribution < 1.29 is 13.7 Å². The Labute approximate surface area is 130 Å². The summed E-state index contributed by atoms with van der Waals surface area (Å²) in [6.07, 6.45) is 1.99. The highest BCUT2D eigenvalue weighted by atomic mass is 35.5. The van der Waals surface area contributed by atoms with Crippen LogP contribution in [0.15, 0.2) is 16.5 Å². The van der Waals surface area contributed by atoms with Gasteiger partial charge in [-0.3, -0.25) is 0 Å². The summed E-state index contributed by atoms with van der Waals surface area (Å²) in [7, 11) is -0.0846. The number of furan rings is 1. The molecule has 0 aliphatic carbocycles. The normalized spacial score (nSPS) is 20.6. The van der Waals surface area contributed by atoms with Crippen LogP contribution >= 0.6 is 23.4 Å². The minimum Gasteiger partial charge on any atom is -0.449 e. The number of hydrogen-bond acceptors (Lipinski definition) is 4. The number of thioether (sulfide) groups is 1. The van der Waals surface area contributed by atoms with E-state index in [1.165, 1.54) is 0 Å². The monoisotopic (exact) mass is 316 g/mol. The van der Waals surface area contributed by atoms with Gasteiger partial charge in [-0.25, -0.2) is 0 Å². The molecule has 0 radical (unpaired) electrons. The fourth-order valence-electron chi connectivity index (χ4n) is 2.04. The Morgan fingerprint density at radius 3 is 2.35 bits per heavy atom. The van der Waals surface area contributed by atoms with Crippen LogP contribution in [0.5, 0.6) is 0 Å². The molecular weight excluding hydrogens is 294 g/mol. The van der Waals surface area contributed by atoms with Gasteiger partial charge in [0, 0.05) is 0 Å². The van der Waals surface area contributed by atoms with Crippen LogP contribution in [0.25, 0.3) is 0 Å². The van der Waals surface area contributed by atoms with Gasteiger partial charge in [0.25, 0.3) is 0 Å². The zero-order chi connectivity index (χ0) is 14.8. The first-order valence-electron chi connectivity index (χ1n) is 6.98. The Bertz CT molecular complexity index is 431. The Morgan fingerprint density at radius 2 is 1.80 bits per heavy atom. The van der Waals surface area contributed by atoms with E-state index < -0.39 is 0 Å². The average Bonchev–Trinajstić information content (AvgIpc) is 2.81. The summed E-state index contributed by atoms with van der Waals surface area (Å²) in [6.45, 7) is 8.34. The maximum Gasteiger partial charge on any atom is 0.457 e. The van der Waals surface area contributed by atoms with Crippen LogP contribution in [0.2, 0.25) is 11.5 Å². The van der Waals surface area contributed by atoms with Crippen molar-refractivity contribution in [1.29, 1.82) is 0 Å². The molecule has 0 N–H and O–H groups in total. The first-order valence-corrected chi connectivity index (χ1v) is 8.51. The van der Waals surface area contributed by atoms with Crippen molar-refractivity contribution in [3.63, 3.8) is 0 Å². The highest BCUT2D eigenvalue weighted by Gasteiger charge is 2.50. The maximum atomic E-state index is 5.96. The second-order valence-corrected chi connectivity index (χ2v) is 7.56. The Hall–Kier alpha value is -0.0951. The van der Waals surface area contributed by atoms with Gasteiger partial charge < -0.3 is 13.7 Å². The van der Waals surface area contributed by atoms with Crippen molar-refractivity contribution >= 4 is 30.5 Å². The van der Waals surface area contributed by atoms with Crippen LogP contribution < -0.4 is 0 Å². The standard InChI is InChI=1S/C14H22BClO3S/c1-13(2)14(3,4)19-15(18-13)8-5-9-20-10-11-6-7-12(16)17-11/h6-7H,5,8-10H2,1-4H3. The predicted molar refractivity (Wildman–Crippen MR) is 85.4 cm³/mol. The number of hydrogen-bond donors (Lipinski definition) is 0. The van der Waals surface area contributed by atoms with Crippen molar-refractivity contribution in [2.75, 3.05) is 5.75 Å². The fourth-order valence-corrected chi connectivity index (χ4v) is 3.07. The fraction of sp³-hybridized carbons (Fsp3) is 0.714. The largest absolute Gasteiger partial charge is 0.457 e. The van der Waals surface area contributed by atoms with Gasteiger partial charge in [0.15, 0.2) is 5.22 Å². The smallest absolute Gasteiger partial charge is 0.449 e. The van der Waals surface area contributed by atoms with E-state index in [-0.39, 0.29) is 18.3 Å². The molecule has 0 bridgehead atoms. The van der Waals surface area contributed by atoms with Crippen LogP contribution in [0.3, 0.4) is 0 Å². The van der Waals surface area contributed by atoms with Gasteiger partial charge in [-0.15, -0.1) is 0 Å². The molecule has 1 aromatic heterocycles. The van der Waals surface area contributed by atoms with Crippen LogP contribution in [-0.2, 0) is 15.1 Å². The van der Waals surface area contributed by atoms with Gasteiger partial charge in [0.05, 0.1) is 17.0 Å². The van der Waals surface area contributed by atoms with Gasteiger partial charge in [-0.2, -0.15) is 11.8 Å². The first-order chi connectivity index (χ1) is 9.30. The van der Waals surface area contributed by atoms with Gasteiger partial charge in [-0.05, 0) is 69.9 Å². The molecule has 0 amide bonds. The molecule has 0 unspecified atom stereocenters. The molecule has 1 aliphatic rings. The SMILES string of the molecule is CC1(C)OB(CCCSCc2ccc(Cl)o2)OC1(C)C. The summed E-state index contributed by atoms with van der Waals surface area (Å²) in [5.41, 5.74) is -0.453. The van der Waals surface area contributed by atoms with Gasteiger partial charge in [0.1, 0.15) is 5.76 Å². The third kappa shape index (κ3) is 3.97. The Kier molecular flexibility index (Phi) is 5.16.